The molecule has 190 valence electrons. The fourth-order valence-electron chi connectivity index (χ4n) is 4.33. The molecule has 0 bridgehead atoms. The predicted molar refractivity (Wildman–Crippen MR) is 144 cm³/mol. The van der Waals surface area contributed by atoms with Crippen LogP contribution in [0.2, 0.25) is 0 Å². The average Bonchev–Trinajstić information content (AvgIpc) is 3.22. The monoisotopic (exact) mass is 488 g/mol. The summed E-state index contributed by atoms with van der Waals surface area (Å²) in [5.74, 6) is 0.410. The first-order chi connectivity index (χ1) is 17.0. The third-order valence-electron chi connectivity index (χ3n) is 6.35. The highest BCUT2D eigenvalue weighted by molar-refractivity contribution is 6.00. The predicted octanol–water partition coefficient (Wildman–Crippen LogP) is 4.36. The number of carbonyl (C=O) groups excluding carboxylic acids is 1. The Morgan fingerprint density at radius 3 is 2.44 bits per heavy atom. The SMILES string of the molecule is CC(C)NC(=O)c1cnc(Nc2ccc3c(c2)CC(N(C)C)C3)cc1Nc1ccnc(C(C)(C)O)c1. The van der Waals surface area contributed by atoms with E-state index < -0.39 is 5.60 Å². The van der Waals surface area contributed by atoms with Gasteiger partial charge >= 0.3 is 0 Å². The van der Waals surface area contributed by atoms with Gasteiger partial charge in [-0.25, -0.2) is 4.98 Å². The molecule has 0 radical (unpaired) electrons. The summed E-state index contributed by atoms with van der Waals surface area (Å²) in [4.78, 5) is 24.0. The van der Waals surface area contributed by atoms with Crippen molar-refractivity contribution >= 4 is 28.8 Å². The largest absolute Gasteiger partial charge is 0.384 e. The highest BCUT2D eigenvalue weighted by Crippen LogP contribution is 2.30. The molecule has 36 heavy (non-hydrogen) atoms. The third-order valence-corrected chi connectivity index (χ3v) is 6.35. The number of fused-ring (bicyclic) bond motifs is 1. The van der Waals surface area contributed by atoms with Gasteiger partial charge in [-0.3, -0.25) is 9.78 Å². The minimum Gasteiger partial charge on any atom is -0.384 e. The molecule has 0 saturated heterocycles. The van der Waals surface area contributed by atoms with E-state index in [2.05, 4.69) is 63.1 Å². The Morgan fingerprint density at radius 1 is 1.03 bits per heavy atom. The number of nitrogens with one attached hydrogen (secondary N) is 3. The van der Waals surface area contributed by atoms with Gasteiger partial charge in [-0.05, 0) is 90.0 Å². The van der Waals surface area contributed by atoms with Crippen LogP contribution in [0.1, 0.15) is 54.9 Å². The van der Waals surface area contributed by atoms with Crippen molar-refractivity contribution in [1.82, 2.24) is 20.2 Å². The molecule has 1 aliphatic rings. The van der Waals surface area contributed by atoms with Crippen LogP contribution >= 0.6 is 0 Å². The Bertz CT molecular complexity index is 1250. The Morgan fingerprint density at radius 2 is 1.75 bits per heavy atom. The molecule has 2 aromatic heterocycles. The van der Waals surface area contributed by atoms with Gasteiger partial charge < -0.3 is 26.0 Å². The van der Waals surface area contributed by atoms with Crippen molar-refractivity contribution in [2.45, 2.75) is 58.2 Å². The standard InChI is InChI=1S/C28H36N6O2/c1-17(2)31-27(35)23-16-30-26(15-24(23)32-21-9-10-29-25(14-21)28(3,4)36)33-20-8-7-18-12-22(34(5)6)13-19(18)11-20/h7-11,14-17,22,36H,12-13H2,1-6H3,(H,31,35)(H2,29,30,32,33). The Labute approximate surface area is 213 Å². The number of nitrogens with zero attached hydrogens (tertiary/aromatic N) is 3. The van der Waals surface area contributed by atoms with E-state index in [4.69, 9.17) is 0 Å². The molecular weight excluding hydrogens is 452 g/mol. The summed E-state index contributed by atoms with van der Waals surface area (Å²) < 4.78 is 0. The molecular formula is C28H36N6O2. The Kier molecular flexibility index (Phi) is 7.28. The molecule has 4 rings (SSSR count). The highest BCUT2D eigenvalue weighted by Gasteiger charge is 2.23. The lowest BCUT2D eigenvalue weighted by Gasteiger charge is -2.19. The summed E-state index contributed by atoms with van der Waals surface area (Å²) in [5.41, 5.74) is 4.88. The number of aliphatic hydroxyl groups is 1. The van der Waals surface area contributed by atoms with Crippen LogP contribution in [0.5, 0.6) is 0 Å². The maximum Gasteiger partial charge on any atom is 0.255 e. The first-order valence-electron chi connectivity index (χ1n) is 12.3. The minimum atomic E-state index is -1.08. The fourth-order valence-corrected chi connectivity index (χ4v) is 4.33. The number of aromatic nitrogens is 2. The number of hydrogen-bond donors (Lipinski definition) is 4. The van der Waals surface area contributed by atoms with Crippen LogP contribution in [-0.2, 0) is 18.4 Å². The molecule has 0 aliphatic heterocycles. The van der Waals surface area contributed by atoms with Crippen molar-refractivity contribution in [3.63, 3.8) is 0 Å². The van der Waals surface area contributed by atoms with Crippen molar-refractivity contribution in [2.24, 2.45) is 0 Å². The first-order valence-corrected chi connectivity index (χ1v) is 12.3. The maximum absolute atomic E-state index is 12.9. The number of amides is 1. The normalized spacial score (nSPS) is 15.2. The van der Waals surface area contributed by atoms with Crippen LogP contribution in [-0.4, -0.2) is 52.1 Å². The van der Waals surface area contributed by atoms with Gasteiger partial charge in [0.2, 0.25) is 0 Å². The summed E-state index contributed by atoms with van der Waals surface area (Å²) in [6, 6.07) is 12.4. The molecule has 2 heterocycles. The van der Waals surface area contributed by atoms with E-state index in [0.29, 0.717) is 34.5 Å². The van der Waals surface area contributed by atoms with E-state index >= 15 is 0 Å². The van der Waals surface area contributed by atoms with Crippen molar-refractivity contribution in [3.8, 4) is 0 Å². The Hall–Kier alpha value is -3.49. The van der Waals surface area contributed by atoms with Crippen molar-refractivity contribution in [3.05, 3.63) is 71.2 Å². The van der Waals surface area contributed by atoms with Gasteiger partial charge in [0.15, 0.2) is 0 Å². The second-order valence-corrected chi connectivity index (χ2v) is 10.5. The number of anilines is 4. The lowest BCUT2D eigenvalue weighted by atomic mass is 10.0. The molecule has 8 nitrogen and oxygen atoms in total. The number of hydrogen-bond acceptors (Lipinski definition) is 7. The zero-order chi connectivity index (χ0) is 26.0. The molecule has 0 fully saturated rings. The molecule has 0 spiro atoms. The number of rotatable bonds is 8. The summed E-state index contributed by atoms with van der Waals surface area (Å²) in [5, 5.41) is 20.0. The topological polar surface area (TPSA) is 102 Å². The summed E-state index contributed by atoms with van der Waals surface area (Å²) in [6.45, 7) is 7.21. The fraction of sp³-hybridized carbons (Fsp3) is 0.393. The van der Waals surface area contributed by atoms with E-state index in [1.807, 2.05) is 19.9 Å². The number of pyridine rings is 2. The second-order valence-electron chi connectivity index (χ2n) is 10.5. The smallest absolute Gasteiger partial charge is 0.255 e. The minimum absolute atomic E-state index is 0.0109. The quantitative estimate of drug-likeness (QED) is 0.374. The molecule has 8 heteroatoms. The van der Waals surface area contributed by atoms with Crippen LogP contribution in [0.25, 0.3) is 0 Å². The molecule has 1 aliphatic carbocycles. The zero-order valence-electron chi connectivity index (χ0n) is 21.9. The van der Waals surface area contributed by atoms with Crippen LogP contribution in [0, 0.1) is 0 Å². The van der Waals surface area contributed by atoms with Crippen LogP contribution in [0.4, 0.5) is 22.9 Å². The van der Waals surface area contributed by atoms with Crippen molar-refractivity contribution in [1.29, 1.82) is 0 Å². The van der Waals surface area contributed by atoms with Gasteiger partial charge in [-0.2, -0.15) is 0 Å². The summed E-state index contributed by atoms with van der Waals surface area (Å²) >= 11 is 0. The summed E-state index contributed by atoms with van der Waals surface area (Å²) in [6.07, 6.45) is 5.30. The second kappa shape index (κ2) is 10.2. The van der Waals surface area contributed by atoms with Gasteiger partial charge in [-0.1, -0.05) is 6.07 Å². The summed E-state index contributed by atoms with van der Waals surface area (Å²) in [7, 11) is 4.25. The average molecular weight is 489 g/mol. The van der Waals surface area contributed by atoms with E-state index in [1.54, 1.807) is 38.4 Å². The molecule has 0 saturated carbocycles. The molecule has 1 unspecified atom stereocenters. The van der Waals surface area contributed by atoms with E-state index in [1.165, 1.54) is 11.1 Å². The van der Waals surface area contributed by atoms with Crippen LogP contribution < -0.4 is 16.0 Å². The molecule has 1 atom stereocenters. The van der Waals surface area contributed by atoms with Crippen LogP contribution in [0.15, 0.2) is 48.8 Å². The number of likely N-dealkylation sites (N-methyl/N-ethyl adjacent to an activating group) is 1. The molecule has 4 N–H and O–H groups in total. The zero-order valence-corrected chi connectivity index (χ0v) is 21.9. The first kappa shape index (κ1) is 25.6. The third kappa shape index (κ3) is 6.01. The van der Waals surface area contributed by atoms with Gasteiger partial charge in [0.05, 0.1) is 16.9 Å². The van der Waals surface area contributed by atoms with Gasteiger partial charge in [0.25, 0.3) is 5.91 Å². The van der Waals surface area contributed by atoms with E-state index in [0.717, 1.165) is 18.5 Å². The van der Waals surface area contributed by atoms with E-state index in [-0.39, 0.29) is 11.9 Å². The lowest BCUT2D eigenvalue weighted by Crippen LogP contribution is -2.30. The van der Waals surface area contributed by atoms with E-state index in [9.17, 15) is 9.90 Å². The lowest BCUT2D eigenvalue weighted by molar-refractivity contribution is 0.0739. The molecule has 1 amide bonds. The van der Waals surface area contributed by atoms with Crippen molar-refractivity contribution in [2.75, 3.05) is 24.7 Å². The van der Waals surface area contributed by atoms with Crippen molar-refractivity contribution < 1.29 is 9.90 Å². The molecule has 1 aromatic carbocycles. The number of carbonyl (C=O) groups is 1. The number of benzene rings is 1. The highest BCUT2D eigenvalue weighted by atomic mass is 16.3. The maximum atomic E-state index is 12.9. The molecule has 3 aromatic rings. The van der Waals surface area contributed by atoms with Gasteiger partial charge in [-0.15, -0.1) is 0 Å². The Balaban J connectivity index is 1.63. The van der Waals surface area contributed by atoms with Crippen LogP contribution in [0.3, 0.4) is 0 Å². The van der Waals surface area contributed by atoms with Gasteiger partial charge in [0.1, 0.15) is 11.4 Å². The van der Waals surface area contributed by atoms with Gasteiger partial charge in [0, 0.05) is 41.9 Å².